The van der Waals surface area contributed by atoms with Gasteiger partial charge in [0.15, 0.2) is 0 Å². The van der Waals surface area contributed by atoms with Gasteiger partial charge in [-0.2, -0.15) is 0 Å². The lowest BCUT2D eigenvalue weighted by atomic mass is 9.86. The van der Waals surface area contributed by atoms with Crippen LogP contribution in [0.15, 0.2) is 36.4 Å². The van der Waals surface area contributed by atoms with E-state index in [1.807, 2.05) is 52.0 Å². The van der Waals surface area contributed by atoms with Crippen LogP contribution in [-0.4, -0.2) is 69.4 Å². The number of nitrogens with zero attached hydrogens (tertiary/aromatic N) is 2. The fourth-order valence-electron chi connectivity index (χ4n) is 5.52. The number of esters is 1. The van der Waals surface area contributed by atoms with Crippen molar-refractivity contribution in [3.63, 3.8) is 0 Å². The first kappa shape index (κ1) is 30.9. The molecular weight excluding hydrogens is 508 g/mol. The summed E-state index contributed by atoms with van der Waals surface area (Å²) >= 11 is 0. The number of rotatable bonds is 7. The topological polar surface area (TPSA) is 104 Å². The standard InChI is InChI=1S/C17H23NO3.C15H19NO3/c1-5-21-16(20)17(4)6-7-18(17)15(19)11-14-9-12(2)8-13(3)10-14;1-10-6-11(2)8-12(7-10)9-13(17)16-5-4-15(16,3)14(18)19/h8-10H,5-7,11H2,1-4H3;6-8H,4-5,9H2,1-3H3,(H,18,19). The third kappa shape index (κ3) is 6.72. The van der Waals surface area contributed by atoms with Crippen LogP contribution in [0.25, 0.3) is 0 Å². The first-order chi connectivity index (χ1) is 18.7. The van der Waals surface area contributed by atoms with Crippen molar-refractivity contribution in [2.24, 2.45) is 0 Å². The molecule has 2 aliphatic heterocycles. The van der Waals surface area contributed by atoms with Gasteiger partial charge >= 0.3 is 11.9 Å². The number of aryl methyl sites for hydroxylation is 4. The zero-order valence-corrected chi connectivity index (χ0v) is 24.8. The Morgan fingerprint density at radius 3 is 1.40 bits per heavy atom. The van der Waals surface area contributed by atoms with Crippen molar-refractivity contribution in [1.82, 2.24) is 9.80 Å². The molecule has 2 amide bonds. The summed E-state index contributed by atoms with van der Waals surface area (Å²) in [7, 11) is 0. The van der Waals surface area contributed by atoms with E-state index in [9.17, 15) is 24.3 Å². The number of carboxylic acids is 1. The summed E-state index contributed by atoms with van der Waals surface area (Å²) in [6.45, 7) is 14.7. The molecule has 0 spiro atoms. The van der Waals surface area contributed by atoms with E-state index < -0.39 is 17.0 Å². The van der Waals surface area contributed by atoms with Crippen LogP contribution in [0.3, 0.4) is 0 Å². The number of carbonyl (C=O) groups is 4. The number of likely N-dealkylation sites (tertiary alicyclic amines) is 2. The number of ether oxygens (including phenoxy) is 1. The van der Waals surface area contributed by atoms with Gasteiger partial charge in [0.1, 0.15) is 11.1 Å². The molecule has 1 N–H and O–H groups in total. The van der Waals surface area contributed by atoms with Gasteiger partial charge in [-0.1, -0.05) is 58.7 Å². The van der Waals surface area contributed by atoms with Crippen LogP contribution >= 0.6 is 0 Å². The van der Waals surface area contributed by atoms with E-state index in [2.05, 4.69) is 12.1 Å². The molecule has 2 heterocycles. The number of benzene rings is 2. The second kappa shape index (κ2) is 12.2. The summed E-state index contributed by atoms with van der Waals surface area (Å²) in [5, 5.41) is 9.17. The van der Waals surface area contributed by atoms with E-state index in [0.29, 0.717) is 39.0 Å². The van der Waals surface area contributed by atoms with Gasteiger partial charge in [-0.05, 0) is 72.4 Å². The second-order valence-electron chi connectivity index (χ2n) is 11.5. The number of aliphatic carboxylic acids is 1. The Kier molecular flexibility index (Phi) is 9.44. The average Bonchev–Trinajstić information content (AvgIpc) is 2.80. The maximum atomic E-state index is 12.5. The van der Waals surface area contributed by atoms with Gasteiger partial charge in [-0.15, -0.1) is 0 Å². The van der Waals surface area contributed by atoms with Gasteiger partial charge in [-0.3, -0.25) is 9.59 Å². The highest BCUT2D eigenvalue weighted by Crippen LogP contribution is 2.33. The summed E-state index contributed by atoms with van der Waals surface area (Å²) in [4.78, 5) is 51.0. The van der Waals surface area contributed by atoms with E-state index >= 15 is 0 Å². The third-order valence-electron chi connectivity index (χ3n) is 7.89. The molecular formula is C32H42N2O6. The van der Waals surface area contributed by atoms with Gasteiger partial charge < -0.3 is 19.6 Å². The fourth-order valence-corrected chi connectivity index (χ4v) is 5.52. The van der Waals surface area contributed by atoms with Gasteiger partial charge in [0.05, 0.1) is 19.4 Å². The van der Waals surface area contributed by atoms with Gasteiger partial charge in [-0.25, -0.2) is 9.59 Å². The molecule has 0 aliphatic carbocycles. The average molecular weight is 551 g/mol. The number of carboxylic acid groups (broad SMARTS) is 1. The molecule has 2 aliphatic rings. The summed E-state index contributed by atoms with van der Waals surface area (Å²) in [5.41, 5.74) is 4.67. The molecule has 2 aromatic carbocycles. The van der Waals surface area contributed by atoms with Crippen molar-refractivity contribution in [3.8, 4) is 0 Å². The zero-order chi connectivity index (χ0) is 29.8. The highest BCUT2D eigenvalue weighted by Gasteiger charge is 2.51. The van der Waals surface area contributed by atoms with Crippen LogP contribution < -0.4 is 0 Å². The Bertz CT molecular complexity index is 1260. The van der Waals surface area contributed by atoms with Crippen molar-refractivity contribution in [2.75, 3.05) is 19.7 Å². The van der Waals surface area contributed by atoms with Crippen molar-refractivity contribution < 1.29 is 29.0 Å². The molecule has 0 bridgehead atoms. The first-order valence-corrected chi connectivity index (χ1v) is 13.9. The largest absolute Gasteiger partial charge is 0.480 e. The van der Waals surface area contributed by atoms with E-state index in [0.717, 1.165) is 33.4 Å². The molecule has 2 atom stereocenters. The van der Waals surface area contributed by atoms with Crippen LogP contribution in [-0.2, 0) is 36.8 Å². The molecule has 8 nitrogen and oxygen atoms in total. The number of hydrogen-bond donors (Lipinski definition) is 1. The lowest BCUT2D eigenvalue weighted by Crippen LogP contribution is -2.65. The van der Waals surface area contributed by atoms with Crippen molar-refractivity contribution in [2.45, 2.75) is 85.2 Å². The Labute approximate surface area is 237 Å². The van der Waals surface area contributed by atoms with Crippen LogP contribution in [0.5, 0.6) is 0 Å². The lowest BCUT2D eigenvalue weighted by Gasteiger charge is -2.48. The summed E-state index contributed by atoms with van der Waals surface area (Å²) < 4.78 is 5.08. The Morgan fingerprint density at radius 1 is 0.725 bits per heavy atom. The predicted octanol–water partition coefficient (Wildman–Crippen LogP) is 4.32. The number of hydrogen-bond acceptors (Lipinski definition) is 5. The molecule has 216 valence electrons. The van der Waals surface area contributed by atoms with Crippen LogP contribution in [0.4, 0.5) is 0 Å². The van der Waals surface area contributed by atoms with E-state index in [1.54, 1.807) is 25.7 Å². The number of carbonyl (C=O) groups excluding carboxylic acids is 3. The third-order valence-corrected chi connectivity index (χ3v) is 7.89. The van der Waals surface area contributed by atoms with Gasteiger partial charge in [0.2, 0.25) is 11.8 Å². The Balaban J connectivity index is 0.000000222. The minimum absolute atomic E-state index is 0.0122. The fraction of sp³-hybridized carbons (Fsp3) is 0.500. The van der Waals surface area contributed by atoms with Gasteiger partial charge in [0.25, 0.3) is 0 Å². The molecule has 0 saturated carbocycles. The maximum Gasteiger partial charge on any atom is 0.331 e. The molecule has 0 radical (unpaired) electrons. The predicted molar refractivity (Wildman–Crippen MR) is 153 cm³/mol. The van der Waals surface area contributed by atoms with Crippen molar-refractivity contribution in [3.05, 3.63) is 69.8 Å². The monoisotopic (exact) mass is 550 g/mol. The van der Waals surface area contributed by atoms with Crippen LogP contribution in [0.2, 0.25) is 0 Å². The lowest BCUT2D eigenvalue weighted by molar-refractivity contribution is -0.173. The molecule has 40 heavy (non-hydrogen) atoms. The highest BCUT2D eigenvalue weighted by molar-refractivity contribution is 5.91. The van der Waals surface area contributed by atoms with E-state index in [-0.39, 0.29) is 24.2 Å². The normalized spacial score (nSPS) is 21.4. The molecule has 8 heteroatoms. The number of amides is 2. The molecule has 2 fully saturated rings. The molecule has 2 saturated heterocycles. The van der Waals surface area contributed by atoms with Crippen LogP contribution in [0.1, 0.15) is 67.0 Å². The zero-order valence-electron chi connectivity index (χ0n) is 24.8. The Morgan fingerprint density at radius 2 is 1.10 bits per heavy atom. The molecule has 2 unspecified atom stereocenters. The van der Waals surface area contributed by atoms with Crippen molar-refractivity contribution in [1.29, 1.82) is 0 Å². The highest BCUT2D eigenvalue weighted by atomic mass is 16.5. The quantitative estimate of drug-likeness (QED) is 0.515. The minimum atomic E-state index is -1.02. The maximum absolute atomic E-state index is 12.5. The molecule has 4 rings (SSSR count). The second-order valence-corrected chi connectivity index (χ2v) is 11.5. The SMILES string of the molecule is CCOC(=O)C1(C)CCN1C(=O)Cc1cc(C)cc(C)c1.Cc1cc(C)cc(CC(=O)N2CCC2(C)C(=O)O)c1. The summed E-state index contributed by atoms with van der Waals surface area (Å²) in [6.07, 6.45) is 1.80. The van der Waals surface area contributed by atoms with E-state index in [4.69, 9.17) is 4.74 Å². The van der Waals surface area contributed by atoms with Crippen molar-refractivity contribution >= 4 is 23.8 Å². The van der Waals surface area contributed by atoms with Crippen LogP contribution in [0, 0.1) is 27.7 Å². The smallest absolute Gasteiger partial charge is 0.331 e. The summed E-state index contributed by atoms with van der Waals surface area (Å²) in [6, 6.07) is 12.1. The Hall–Kier alpha value is -3.68. The molecule has 2 aromatic rings. The van der Waals surface area contributed by atoms with E-state index in [1.165, 1.54) is 4.90 Å². The first-order valence-electron chi connectivity index (χ1n) is 13.9. The minimum Gasteiger partial charge on any atom is -0.480 e. The van der Waals surface area contributed by atoms with Gasteiger partial charge in [0, 0.05) is 13.1 Å². The summed E-state index contributed by atoms with van der Waals surface area (Å²) in [5.74, 6) is -1.35. The molecule has 0 aromatic heterocycles.